The first-order valence-electron chi connectivity index (χ1n) is 8.45. The molecule has 1 heterocycles. The van der Waals surface area contributed by atoms with Gasteiger partial charge in [0.05, 0.1) is 18.9 Å². The Morgan fingerprint density at radius 1 is 1.22 bits per heavy atom. The number of amides is 2. The van der Waals surface area contributed by atoms with Crippen LogP contribution in [0.25, 0.3) is 0 Å². The highest BCUT2D eigenvalue weighted by Crippen LogP contribution is 2.37. The molecule has 1 aliphatic rings. The molecular weight excluding hydrogens is 364 g/mol. The second-order valence-electron chi connectivity index (χ2n) is 5.95. The van der Waals surface area contributed by atoms with Gasteiger partial charge in [0.1, 0.15) is 16.8 Å². The van der Waals surface area contributed by atoms with Crippen LogP contribution in [0.1, 0.15) is 34.4 Å². The monoisotopic (exact) mass is 382 g/mol. The molecule has 8 heteroatoms. The molecule has 3 rings (SSSR count). The van der Waals surface area contributed by atoms with Gasteiger partial charge >= 0.3 is 11.8 Å². The molecule has 138 valence electrons. The smallest absolute Gasteiger partial charge is 0.329 e. The van der Waals surface area contributed by atoms with E-state index in [0.717, 1.165) is 41.7 Å². The number of hydrogen-bond acceptors (Lipinski definition) is 6. The fourth-order valence-electron chi connectivity index (χ4n) is 2.84. The number of carbonyl (C=O) groups excluding carboxylic acids is 2. The molecule has 7 nitrogen and oxygen atoms in total. The molecule has 1 aromatic heterocycles. The van der Waals surface area contributed by atoms with Gasteiger partial charge in [-0.1, -0.05) is 0 Å². The van der Waals surface area contributed by atoms with Crippen LogP contribution >= 0.6 is 11.3 Å². The number of fused-ring (bicyclic) bond motifs is 1. The Bertz CT molecular complexity index is 926. The summed E-state index contributed by atoms with van der Waals surface area (Å²) in [6.45, 7) is 0. The maximum Gasteiger partial charge on any atom is 0.329 e. The van der Waals surface area contributed by atoms with Gasteiger partial charge in [-0.15, -0.1) is 11.3 Å². The maximum absolute atomic E-state index is 12.1. The lowest BCUT2D eigenvalue weighted by Crippen LogP contribution is -2.32. The van der Waals surface area contributed by atoms with E-state index in [2.05, 4.69) is 21.9 Å². The summed E-state index contributed by atoms with van der Waals surface area (Å²) >= 11 is 1.37. The molecule has 1 aliphatic carbocycles. The van der Waals surface area contributed by atoms with Crippen molar-refractivity contribution in [3.63, 3.8) is 0 Å². The lowest BCUT2D eigenvalue weighted by Gasteiger charge is -2.09. The van der Waals surface area contributed by atoms with Crippen LogP contribution in [0.5, 0.6) is 5.75 Å². The SMILES string of the molecule is COc1ccc(/C=N\NC(=O)C(=O)Nc2sc3c(c2C#N)CCCC3)cc1. The zero-order valence-corrected chi connectivity index (χ0v) is 15.6. The van der Waals surface area contributed by atoms with Crippen LogP contribution in [-0.4, -0.2) is 25.1 Å². The van der Waals surface area contributed by atoms with E-state index in [1.54, 1.807) is 31.4 Å². The van der Waals surface area contributed by atoms with Crippen LogP contribution in [0, 0.1) is 11.3 Å². The zero-order valence-electron chi connectivity index (χ0n) is 14.7. The summed E-state index contributed by atoms with van der Waals surface area (Å²) in [4.78, 5) is 25.2. The van der Waals surface area contributed by atoms with Crippen molar-refractivity contribution < 1.29 is 14.3 Å². The first-order chi connectivity index (χ1) is 13.1. The molecule has 1 aromatic carbocycles. The van der Waals surface area contributed by atoms with Gasteiger partial charge in [0, 0.05) is 4.88 Å². The molecule has 0 bridgehead atoms. The molecule has 0 unspecified atom stereocenters. The summed E-state index contributed by atoms with van der Waals surface area (Å²) in [6, 6.07) is 9.21. The number of ether oxygens (including phenoxy) is 1. The van der Waals surface area contributed by atoms with Gasteiger partial charge in [0.2, 0.25) is 0 Å². The highest BCUT2D eigenvalue weighted by Gasteiger charge is 2.23. The fourth-order valence-corrected chi connectivity index (χ4v) is 4.07. The van der Waals surface area contributed by atoms with E-state index in [0.29, 0.717) is 16.3 Å². The minimum atomic E-state index is -0.893. The van der Waals surface area contributed by atoms with Crippen molar-refractivity contribution in [2.45, 2.75) is 25.7 Å². The summed E-state index contributed by atoms with van der Waals surface area (Å²) in [5.41, 5.74) is 4.40. The third-order valence-electron chi connectivity index (χ3n) is 4.21. The molecule has 0 saturated heterocycles. The Labute approximate surface area is 160 Å². The summed E-state index contributed by atoms with van der Waals surface area (Å²) in [5.74, 6) is -1.03. The number of hydrazone groups is 1. The Hall–Kier alpha value is -3.18. The van der Waals surface area contributed by atoms with E-state index >= 15 is 0 Å². The van der Waals surface area contributed by atoms with E-state index in [4.69, 9.17) is 4.74 Å². The molecule has 0 spiro atoms. The van der Waals surface area contributed by atoms with E-state index in [-0.39, 0.29) is 0 Å². The molecule has 2 aromatic rings. The van der Waals surface area contributed by atoms with Gasteiger partial charge < -0.3 is 10.1 Å². The van der Waals surface area contributed by atoms with E-state index < -0.39 is 11.8 Å². The highest BCUT2D eigenvalue weighted by atomic mass is 32.1. The van der Waals surface area contributed by atoms with Crippen LogP contribution in [0.15, 0.2) is 29.4 Å². The number of nitrogens with zero attached hydrogens (tertiary/aromatic N) is 2. The van der Waals surface area contributed by atoms with Crippen molar-refractivity contribution in [2.75, 3.05) is 12.4 Å². The van der Waals surface area contributed by atoms with Crippen molar-refractivity contribution in [3.8, 4) is 11.8 Å². The average molecular weight is 382 g/mol. The normalized spacial score (nSPS) is 12.9. The lowest BCUT2D eigenvalue weighted by atomic mass is 9.96. The van der Waals surface area contributed by atoms with E-state index in [1.807, 2.05) is 0 Å². The zero-order chi connectivity index (χ0) is 19.2. The van der Waals surface area contributed by atoms with Gasteiger partial charge in [-0.05, 0) is 61.1 Å². The molecule has 0 radical (unpaired) electrons. The molecule has 0 atom stereocenters. The Morgan fingerprint density at radius 2 is 1.96 bits per heavy atom. The minimum absolute atomic E-state index is 0.434. The first-order valence-corrected chi connectivity index (χ1v) is 9.27. The van der Waals surface area contributed by atoms with Crippen molar-refractivity contribution in [1.82, 2.24) is 5.43 Å². The second kappa shape index (κ2) is 8.47. The summed E-state index contributed by atoms with van der Waals surface area (Å²) < 4.78 is 5.06. The number of carbonyl (C=O) groups is 2. The molecule has 0 aliphatic heterocycles. The van der Waals surface area contributed by atoms with Gasteiger partial charge in [-0.2, -0.15) is 10.4 Å². The van der Waals surface area contributed by atoms with Gasteiger partial charge in [-0.3, -0.25) is 9.59 Å². The third-order valence-corrected chi connectivity index (χ3v) is 5.42. The number of hydrogen-bond donors (Lipinski definition) is 2. The number of nitriles is 1. The topological polar surface area (TPSA) is 104 Å². The Balaban J connectivity index is 1.61. The number of anilines is 1. The Kier molecular flexibility index (Phi) is 5.84. The first kappa shape index (κ1) is 18.6. The molecule has 27 heavy (non-hydrogen) atoms. The van der Waals surface area contributed by atoms with E-state index in [1.165, 1.54) is 17.6 Å². The van der Waals surface area contributed by atoms with Gasteiger partial charge in [0.25, 0.3) is 0 Å². The predicted octanol–water partition coefficient (Wildman–Crippen LogP) is 2.60. The molecular formula is C19H18N4O3S. The summed E-state index contributed by atoms with van der Waals surface area (Å²) in [7, 11) is 1.57. The van der Waals surface area contributed by atoms with Gasteiger partial charge in [-0.25, -0.2) is 5.43 Å². The molecule has 2 amide bonds. The average Bonchev–Trinajstić information content (AvgIpc) is 3.05. The Morgan fingerprint density at radius 3 is 2.67 bits per heavy atom. The summed E-state index contributed by atoms with van der Waals surface area (Å²) in [5, 5.41) is 16.1. The lowest BCUT2D eigenvalue weighted by molar-refractivity contribution is -0.136. The quantitative estimate of drug-likeness (QED) is 0.482. The van der Waals surface area contributed by atoms with Crippen molar-refractivity contribution in [1.29, 1.82) is 5.26 Å². The number of rotatable bonds is 4. The number of benzene rings is 1. The molecule has 0 saturated carbocycles. The van der Waals surface area contributed by atoms with Crippen molar-refractivity contribution >= 4 is 34.4 Å². The van der Waals surface area contributed by atoms with Crippen molar-refractivity contribution in [2.24, 2.45) is 5.10 Å². The molecule has 2 N–H and O–H groups in total. The number of aryl methyl sites for hydroxylation is 1. The van der Waals surface area contributed by atoms with Crippen LogP contribution in [0.3, 0.4) is 0 Å². The van der Waals surface area contributed by atoms with Crippen LogP contribution in [0.4, 0.5) is 5.00 Å². The van der Waals surface area contributed by atoms with E-state index in [9.17, 15) is 14.9 Å². The molecule has 0 fully saturated rings. The van der Waals surface area contributed by atoms with Crippen LogP contribution in [-0.2, 0) is 22.4 Å². The largest absolute Gasteiger partial charge is 0.497 e. The fraction of sp³-hybridized carbons (Fsp3) is 0.263. The third kappa shape index (κ3) is 4.33. The highest BCUT2D eigenvalue weighted by molar-refractivity contribution is 7.16. The number of nitrogens with one attached hydrogen (secondary N) is 2. The standard InChI is InChI=1S/C19H18N4O3S/c1-26-13-8-6-12(7-9-13)11-21-23-18(25)17(24)22-19-15(10-20)14-4-2-3-5-16(14)27-19/h6-9,11H,2-5H2,1H3,(H,22,24)(H,23,25)/b21-11-. The second-order valence-corrected chi connectivity index (χ2v) is 7.06. The maximum atomic E-state index is 12.1. The van der Waals surface area contributed by atoms with Gasteiger partial charge in [0.15, 0.2) is 0 Å². The predicted molar refractivity (Wildman–Crippen MR) is 103 cm³/mol. The van der Waals surface area contributed by atoms with Crippen molar-refractivity contribution in [3.05, 3.63) is 45.8 Å². The number of thiophene rings is 1. The summed E-state index contributed by atoms with van der Waals surface area (Å²) in [6.07, 6.45) is 5.28. The minimum Gasteiger partial charge on any atom is -0.497 e. The van der Waals surface area contributed by atoms with Crippen LogP contribution in [0.2, 0.25) is 0 Å². The number of methoxy groups -OCH3 is 1. The van der Waals surface area contributed by atoms with Crippen LogP contribution < -0.4 is 15.5 Å².